The first kappa shape index (κ1) is 19.9. The average Bonchev–Trinajstić information content (AvgIpc) is 3.08. The van der Waals surface area contributed by atoms with Gasteiger partial charge in [-0.1, -0.05) is 6.42 Å². The number of nitrogens with one attached hydrogen (secondary N) is 1. The standard InChI is InChI=1S/C22H25N5O3/c1-14-12-27(13-24-14)18-9-8-16(10-19(18)29-2)25-22-23-11-15-6-4-5-7-17(20(15)26-22)21(28)30-3/h8-13,17H,4-7H2,1-3H3,(H,23,25,26). The van der Waals surface area contributed by atoms with Crippen LogP contribution in [-0.4, -0.2) is 39.7 Å². The molecule has 0 aliphatic heterocycles. The van der Waals surface area contributed by atoms with Gasteiger partial charge in [-0.05, 0) is 43.9 Å². The average molecular weight is 407 g/mol. The van der Waals surface area contributed by atoms with E-state index in [4.69, 9.17) is 9.47 Å². The third kappa shape index (κ3) is 3.98. The lowest BCUT2D eigenvalue weighted by Gasteiger charge is -2.16. The second-order valence-corrected chi connectivity index (χ2v) is 7.36. The van der Waals surface area contributed by atoms with E-state index in [1.807, 2.05) is 42.1 Å². The lowest BCUT2D eigenvalue weighted by molar-refractivity contribution is -0.142. The van der Waals surface area contributed by atoms with Crippen molar-refractivity contribution < 1.29 is 14.3 Å². The van der Waals surface area contributed by atoms with Crippen LogP contribution in [0.1, 0.15) is 42.1 Å². The minimum atomic E-state index is -0.350. The van der Waals surface area contributed by atoms with E-state index in [1.165, 1.54) is 7.11 Å². The Balaban J connectivity index is 1.63. The minimum Gasteiger partial charge on any atom is -0.494 e. The molecule has 2 aromatic heterocycles. The number of rotatable bonds is 5. The minimum absolute atomic E-state index is 0.246. The number of hydrogen-bond donors (Lipinski definition) is 1. The van der Waals surface area contributed by atoms with Gasteiger partial charge in [0.25, 0.3) is 0 Å². The third-order valence-electron chi connectivity index (χ3n) is 5.33. The number of methoxy groups -OCH3 is 2. The first-order valence-electron chi connectivity index (χ1n) is 9.98. The second kappa shape index (κ2) is 8.52. The number of benzene rings is 1. The van der Waals surface area contributed by atoms with E-state index in [9.17, 15) is 4.79 Å². The molecule has 0 amide bonds. The summed E-state index contributed by atoms with van der Waals surface area (Å²) in [5.74, 6) is 0.541. The van der Waals surface area contributed by atoms with E-state index >= 15 is 0 Å². The van der Waals surface area contributed by atoms with Gasteiger partial charge >= 0.3 is 5.97 Å². The Bertz CT molecular complexity index is 1060. The van der Waals surface area contributed by atoms with Crippen LogP contribution < -0.4 is 10.1 Å². The number of aromatic nitrogens is 4. The van der Waals surface area contributed by atoms with Crippen molar-refractivity contribution >= 4 is 17.6 Å². The van der Waals surface area contributed by atoms with Gasteiger partial charge in [-0.15, -0.1) is 0 Å². The number of esters is 1. The van der Waals surface area contributed by atoms with Gasteiger partial charge < -0.3 is 19.4 Å². The summed E-state index contributed by atoms with van der Waals surface area (Å²) in [5, 5.41) is 3.23. The number of carbonyl (C=O) groups excluding carboxylic acids is 1. The molecule has 1 unspecified atom stereocenters. The van der Waals surface area contributed by atoms with Crippen LogP contribution in [0.5, 0.6) is 5.75 Å². The van der Waals surface area contributed by atoms with Crippen LogP contribution in [0.15, 0.2) is 36.9 Å². The fourth-order valence-corrected chi connectivity index (χ4v) is 3.80. The lowest BCUT2D eigenvalue weighted by atomic mass is 9.99. The Morgan fingerprint density at radius 3 is 2.83 bits per heavy atom. The summed E-state index contributed by atoms with van der Waals surface area (Å²) in [7, 11) is 3.05. The number of fused-ring (bicyclic) bond motifs is 1. The molecular weight excluding hydrogens is 382 g/mol. The molecule has 2 heterocycles. The molecule has 1 aromatic carbocycles. The van der Waals surface area contributed by atoms with Crippen LogP contribution >= 0.6 is 0 Å². The highest BCUT2D eigenvalue weighted by Crippen LogP contribution is 2.32. The van der Waals surface area contributed by atoms with Crippen molar-refractivity contribution in [3.63, 3.8) is 0 Å². The third-order valence-corrected chi connectivity index (χ3v) is 5.33. The molecule has 0 bridgehead atoms. The van der Waals surface area contributed by atoms with E-state index < -0.39 is 0 Å². The SMILES string of the molecule is COC(=O)C1CCCCc2cnc(Nc3ccc(-n4cnc(C)c4)c(OC)c3)nc21. The molecule has 0 saturated carbocycles. The normalized spacial score (nSPS) is 15.8. The summed E-state index contributed by atoms with van der Waals surface area (Å²) < 4.78 is 12.5. The van der Waals surface area contributed by atoms with Gasteiger partial charge in [0, 0.05) is 24.1 Å². The Labute approximate surface area is 175 Å². The lowest BCUT2D eigenvalue weighted by Crippen LogP contribution is -2.17. The number of aryl methyl sites for hydroxylation is 2. The Kier molecular flexibility index (Phi) is 5.65. The topological polar surface area (TPSA) is 91.2 Å². The van der Waals surface area contributed by atoms with Crippen molar-refractivity contribution in [2.24, 2.45) is 0 Å². The summed E-state index contributed by atoms with van der Waals surface area (Å²) >= 11 is 0. The number of anilines is 2. The molecule has 0 fully saturated rings. The predicted octanol–water partition coefficient (Wildman–Crippen LogP) is 3.71. The highest BCUT2D eigenvalue weighted by molar-refractivity contribution is 5.78. The van der Waals surface area contributed by atoms with Crippen molar-refractivity contribution in [1.82, 2.24) is 19.5 Å². The zero-order chi connectivity index (χ0) is 21.1. The number of carbonyl (C=O) groups is 1. The van der Waals surface area contributed by atoms with E-state index in [0.29, 0.717) is 11.7 Å². The number of ether oxygens (including phenoxy) is 2. The van der Waals surface area contributed by atoms with E-state index in [2.05, 4.69) is 20.3 Å². The molecule has 1 aliphatic rings. The number of hydrogen-bond acceptors (Lipinski definition) is 7. The largest absolute Gasteiger partial charge is 0.494 e. The zero-order valence-corrected chi connectivity index (χ0v) is 17.4. The second-order valence-electron chi connectivity index (χ2n) is 7.36. The maximum absolute atomic E-state index is 12.3. The van der Waals surface area contributed by atoms with E-state index in [1.54, 1.807) is 13.4 Å². The predicted molar refractivity (Wildman–Crippen MR) is 112 cm³/mol. The Morgan fingerprint density at radius 1 is 1.23 bits per heavy atom. The zero-order valence-electron chi connectivity index (χ0n) is 17.4. The number of imidazole rings is 1. The van der Waals surface area contributed by atoms with Crippen LogP contribution in [0.25, 0.3) is 5.69 Å². The maximum Gasteiger partial charge on any atom is 0.314 e. The molecule has 3 aromatic rings. The molecule has 8 nitrogen and oxygen atoms in total. The van der Waals surface area contributed by atoms with Crippen molar-refractivity contribution in [2.45, 2.75) is 38.5 Å². The number of nitrogens with zero attached hydrogens (tertiary/aromatic N) is 4. The van der Waals surface area contributed by atoms with Crippen LogP contribution in [0, 0.1) is 6.92 Å². The molecule has 0 saturated heterocycles. The monoisotopic (exact) mass is 407 g/mol. The molecule has 30 heavy (non-hydrogen) atoms. The molecule has 0 spiro atoms. The van der Waals surface area contributed by atoms with Gasteiger partial charge in [0.15, 0.2) is 0 Å². The van der Waals surface area contributed by atoms with Crippen LogP contribution in [-0.2, 0) is 16.0 Å². The first-order chi connectivity index (χ1) is 14.6. The summed E-state index contributed by atoms with van der Waals surface area (Å²) in [5.41, 5.74) is 4.37. The van der Waals surface area contributed by atoms with E-state index in [-0.39, 0.29) is 11.9 Å². The van der Waals surface area contributed by atoms with Crippen LogP contribution in [0.4, 0.5) is 11.6 Å². The summed E-state index contributed by atoms with van der Waals surface area (Å²) in [6, 6.07) is 5.76. The Hall–Kier alpha value is -3.42. The fourth-order valence-electron chi connectivity index (χ4n) is 3.80. The molecule has 1 atom stereocenters. The quantitative estimate of drug-likeness (QED) is 0.509. The van der Waals surface area contributed by atoms with Gasteiger partial charge in [0.05, 0.1) is 43.5 Å². The molecule has 156 valence electrons. The van der Waals surface area contributed by atoms with Crippen LogP contribution in [0.2, 0.25) is 0 Å². The van der Waals surface area contributed by atoms with Crippen molar-refractivity contribution in [3.8, 4) is 11.4 Å². The van der Waals surface area contributed by atoms with Gasteiger partial charge in [0.2, 0.25) is 5.95 Å². The smallest absolute Gasteiger partial charge is 0.314 e. The highest BCUT2D eigenvalue weighted by atomic mass is 16.5. The van der Waals surface area contributed by atoms with Gasteiger partial charge in [-0.2, -0.15) is 0 Å². The molecule has 8 heteroatoms. The highest BCUT2D eigenvalue weighted by Gasteiger charge is 2.28. The summed E-state index contributed by atoms with van der Waals surface area (Å²) in [6.45, 7) is 1.94. The van der Waals surface area contributed by atoms with Crippen molar-refractivity contribution in [2.75, 3.05) is 19.5 Å². The van der Waals surface area contributed by atoms with Gasteiger partial charge in [-0.25, -0.2) is 15.0 Å². The molecule has 1 N–H and O–H groups in total. The maximum atomic E-state index is 12.3. The van der Waals surface area contributed by atoms with Crippen LogP contribution in [0.3, 0.4) is 0 Å². The molecule has 1 aliphatic carbocycles. The van der Waals surface area contributed by atoms with Gasteiger partial charge in [0.1, 0.15) is 5.75 Å². The summed E-state index contributed by atoms with van der Waals surface area (Å²) in [4.78, 5) is 25.7. The molecule has 4 rings (SSSR count). The molecule has 0 radical (unpaired) electrons. The molecular formula is C22H25N5O3. The van der Waals surface area contributed by atoms with Gasteiger partial charge in [-0.3, -0.25) is 4.79 Å². The first-order valence-corrected chi connectivity index (χ1v) is 9.98. The van der Waals surface area contributed by atoms with Crippen molar-refractivity contribution in [3.05, 3.63) is 53.9 Å². The van der Waals surface area contributed by atoms with Crippen molar-refractivity contribution in [1.29, 1.82) is 0 Å². The van der Waals surface area contributed by atoms with E-state index in [0.717, 1.165) is 54.0 Å². The fraction of sp³-hybridized carbons (Fsp3) is 0.364. The Morgan fingerprint density at radius 2 is 2.10 bits per heavy atom. The summed E-state index contributed by atoms with van der Waals surface area (Å²) in [6.07, 6.45) is 9.09.